The first-order valence-corrected chi connectivity index (χ1v) is 6.07. The molecule has 0 amide bonds. The van der Waals surface area contributed by atoms with E-state index in [-0.39, 0.29) is 12.4 Å². The molecule has 1 aliphatic heterocycles. The molecule has 1 saturated heterocycles. The van der Waals surface area contributed by atoms with Crippen LogP contribution in [0.1, 0.15) is 22.8 Å². The van der Waals surface area contributed by atoms with Gasteiger partial charge in [0, 0.05) is 5.56 Å². The molecular weight excluding hydrogens is 232 g/mol. The van der Waals surface area contributed by atoms with Crippen LogP contribution >= 0.6 is 0 Å². The average molecular weight is 250 g/mol. The third kappa shape index (κ3) is 2.02. The van der Waals surface area contributed by atoms with Crippen molar-refractivity contribution in [3.8, 4) is 5.75 Å². The monoisotopic (exact) mass is 250 g/mol. The maximum absolute atomic E-state index is 12.4. The van der Waals surface area contributed by atoms with E-state index in [1.165, 1.54) is 0 Å². The Morgan fingerprint density at radius 1 is 1.50 bits per heavy atom. The predicted molar refractivity (Wildman–Crippen MR) is 67.0 cm³/mol. The smallest absolute Gasteiger partial charge is 0.175 e. The number of ketones is 1. The van der Waals surface area contributed by atoms with Crippen LogP contribution in [0.3, 0.4) is 0 Å². The summed E-state index contributed by atoms with van der Waals surface area (Å²) in [6.07, 6.45) is 0.799. The molecule has 0 atom stereocenters. The van der Waals surface area contributed by atoms with Crippen molar-refractivity contribution in [2.75, 3.05) is 26.9 Å². The Morgan fingerprint density at radius 2 is 2.22 bits per heavy atom. The fraction of sp³-hybridized carbons (Fsp3) is 0.500. The summed E-state index contributed by atoms with van der Waals surface area (Å²) >= 11 is 0. The van der Waals surface area contributed by atoms with Gasteiger partial charge >= 0.3 is 0 Å². The van der Waals surface area contributed by atoms with E-state index >= 15 is 0 Å². The highest BCUT2D eigenvalue weighted by Gasteiger charge is 2.45. The number of carbonyl (C=O) groups excluding carboxylic acids is 1. The molecule has 1 N–H and O–H groups in total. The van der Waals surface area contributed by atoms with Crippen LogP contribution < -0.4 is 4.74 Å². The molecular formula is C14H18O4. The minimum atomic E-state index is -0.737. The zero-order valence-electron chi connectivity index (χ0n) is 10.7. The van der Waals surface area contributed by atoms with Crippen molar-refractivity contribution in [2.24, 2.45) is 5.41 Å². The third-order valence-electron chi connectivity index (χ3n) is 3.46. The summed E-state index contributed by atoms with van der Waals surface area (Å²) in [6, 6.07) is 5.39. The van der Waals surface area contributed by atoms with Crippen molar-refractivity contribution in [1.82, 2.24) is 0 Å². The Kier molecular flexibility index (Phi) is 3.68. The number of rotatable bonds is 5. The Labute approximate surface area is 107 Å². The number of aryl methyl sites for hydroxylation is 1. The maximum atomic E-state index is 12.4. The van der Waals surface area contributed by atoms with Crippen LogP contribution in [0.4, 0.5) is 0 Å². The molecule has 0 saturated carbocycles. The molecule has 4 heteroatoms. The molecule has 0 aliphatic carbocycles. The summed E-state index contributed by atoms with van der Waals surface area (Å²) < 4.78 is 10.3. The van der Waals surface area contributed by atoms with E-state index in [0.717, 1.165) is 17.7 Å². The highest BCUT2D eigenvalue weighted by Crippen LogP contribution is 2.32. The van der Waals surface area contributed by atoms with Crippen molar-refractivity contribution in [3.63, 3.8) is 0 Å². The standard InChI is InChI=1S/C14H18O4/c1-3-10-6-11(4-5-12(10)17-2)13(16)14(7-15)8-18-9-14/h4-6,15H,3,7-9H2,1-2H3. The normalized spacial score (nSPS) is 17.1. The highest BCUT2D eigenvalue weighted by molar-refractivity contribution is 6.01. The zero-order chi connectivity index (χ0) is 13.2. The molecule has 1 aromatic rings. The van der Waals surface area contributed by atoms with Gasteiger partial charge in [0.2, 0.25) is 0 Å². The maximum Gasteiger partial charge on any atom is 0.175 e. The minimum Gasteiger partial charge on any atom is -0.496 e. The molecule has 2 rings (SSSR count). The summed E-state index contributed by atoms with van der Waals surface area (Å²) in [6.45, 7) is 2.45. The molecule has 4 nitrogen and oxygen atoms in total. The van der Waals surface area contributed by atoms with Crippen LogP contribution in [-0.4, -0.2) is 37.8 Å². The van der Waals surface area contributed by atoms with Gasteiger partial charge in [0.15, 0.2) is 5.78 Å². The van der Waals surface area contributed by atoms with E-state index in [1.54, 1.807) is 19.2 Å². The molecule has 1 heterocycles. The number of benzene rings is 1. The summed E-state index contributed by atoms with van der Waals surface area (Å²) in [7, 11) is 1.62. The number of methoxy groups -OCH3 is 1. The second-order valence-electron chi connectivity index (χ2n) is 4.64. The molecule has 0 radical (unpaired) electrons. The predicted octanol–water partition coefficient (Wildman–Crippen LogP) is 1.45. The number of hydrogen-bond donors (Lipinski definition) is 1. The van der Waals surface area contributed by atoms with Crippen LogP contribution in [-0.2, 0) is 11.2 Å². The van der Waals surface area contributed by atoms with Crippen LogP contribution in [0, 0.1) is 5.41 Å². The quantitative estimate of drug-likeness (QED) is 0.804. The van der Waals surface area contributed by atoms with Gasteiger partial charge in [0.1, 0.15) is 11.2 Å². The van der Waals surface area contributed by atoms with E-state index in [1.807, 2.05) is 13.0 Å². The van der Waals surface area contributed by atoms with E-state index < -0.39 is 5.41 Å². The summed E-state index contributed by atoms with van der Waals surface area (Å²) in [5.41, 5.74) is 0.876. The van der Waals surface area contributed by atoms with Crippen LogP contribution in [0.5, 0.6) is 5.75 Å². The molecule has 18 heavy (non-hydrogen) atoms. The summed E-state index contributed by atoms with van der Waals surface area (Å²) in [5, 5.41) is 9.37. The number of carbonyl (C=O) groups is 1. The van der Waals surface area contributed by atoms with Crippen LogP contribution in [0.25, 0.3) is 0 Å². The lowest BCUT2D eigenvalue weighted by Crippen LogP contribution is -2.51. The van der Waals surface area contributed by atoms with Gasteiger partial charge in [-0.2, -0.15) is 0 Å². The van der Waals surface area contributed by atoms with Gasteiger partial charge in [-0.05, 0) is 30.2 Å². The van der Waals surface area contributed by atoms with E-state index in [4.69, 9.17) is 9.47 Å². The summed E-state index contributed by atoms with van der Waals surface area (Å²) in [4.78, 5) is 12.4. The number of ether oxygens (including phenoxy) is 2. The van der Waals surface area contributed by atoms with E-state index in [9.17, 15) is 9.90 Å². The van der Waals surface area contributed by atoms with Gasteiger partial charge in [0.25, 0.3) is 0 Å². The first-order chi connectivity index (χ1) is 8.66. The van der Waals surface area contributed by atoms with E-state index in [0.29, 0.717) is 18.8 Å². The zero-order valence-corrected chi connectivity index (χ0v) is 10.7. The first-order valence-electron chi connectivity index (χ1n) is 6.07. The van der Waals surface area contributed by atoms with Gasteiger partial charge < -0.3 is 14.6 Å². The van der Waals surface area contributed by atoms with Crippen LogP contribution in [0.2, 0.25) is 0 Å². The van der Waals surface area contributed by atoms with Crippen molar-refractivity contribution >= 4 is 5.78 Å². The lowest BCUT2D eigenvalue weighted by Gasteiger charge is -2.38. The molecule has 1 aliphatic rings. The second kappa shape index (κ2) is 5.08. The fourth-order valence-electron chi connectivity index (χ4n) is 2.14. The molecule has 1 aromatic carbocycles. The molecule has 0 unspecified atom stereocenters. The molecule has 98 valence electrons. The molecule has 0 aromatic heterocycles. The fourth-order valence-corrected chi connectivity index (χ4v) is 2.14. The van der Waals surface area contributed by atoms with E-state index in [2.05, 4.69) is 0 Å². The SMILES string of the molecule is CCc1cc(C(=O)C2(CO)COC2)ccc1OC. The Morgan fingerprint density at radius 3 is 2.67 bits per heavy atom. The second-order valence-corrected chi connectivity index (χ2v) is 4.64. The molecule has 0 spiro atoms. The van der Waals surface area contributed by atoms with Gasteiger partial charge in [-0.25, -0.2) is 0 Å². The average Bonchev–Trinajstić information content (AvgIpc) is 2.37. The minimum absolute atomic E-state index is 0.0476. The number of aliphatic hydroxyl groups excluding tert-OH is 1. The molecule has 0 bridgehead atoms. The Balaban J connectivity index is 2.31. The number of hydrogen-bond acceptors (Lipinski definition) is 4. The largest absolute Gasteiger partial charge is 0.496 e. The number of Topliss-reactive ketones (excluding diaryl/α,β-unsaturated/α-hetero) is 1. The molecule has 1 fully saturated rings. The van der Waals surface area contributed by atoms with Gasteiger partial charge in [-0.15, -0.1) is 0 Å². The van der Waals surface area contributed by atoms with Crippen molar-refractivity contribution in [2.45, 2.75) is 13.3 Å². The summed E-state index contributed by atoms with van der Waals surface area (Å²) in [5.74, 6) is 0.741. The van der Waals surface area contributed by atoms with Crippen molar-refractivity contribution in [1.29, 1.82) is 0 Å². The third-order valence-corrected chi connectivity index (χ3v) is 3.46. The number of aliphatic hydroxyl groups is 1. The van der Waals surface area contributed by atoms with Crippen molar-refractivity contribution < 1.29 is 19.4 Å². The first kappa shape index (κ1) is 13.1. The van der Waals surface area contributed by atoms with Crippen LogP contribution in [0.15, 0.2) is 18.2 Å². The van der Waals surface area contributed by atoms with Crippen molar-refractivity contribution in [3.05, 3.63) is 29.3 Å². The van der Waals surface area contributed by atoms with Gasteiger partial charge in [-0.1, -0.05) is 6.92 Å². The van der Waals surface area contributed by atoms with Gasteiger partial charge in [0.05, 0.1) is 26.9 Å². The topological polar surface area (TPSA) is 55.8 Å². The lowest BCUT2D eigenvalue weighted by atomic mass is 9.79. The van der Waals surface area contributed by atoms with Gasteiger partial charge in [-0.3, -0.25) is 4.79 Å². The Hall–Kier alpha value is -1.39. The Bertz CT molecular complexity index is 444. The highest BCUT2D eigenvalue weighted by atomic mass is 16.5. The lowest BCUT2D eigenvalue weighted by molar-refractivity contribution is -0.109.